The smallest absolute Gasteiger partial charge is 0.408 e. The summed E-state index contributed by atoms with van der Waals surface area (Å²) in [5, 5.41) is 19.6. The first-order valence-corrected chi connectivity index (χ1v) is 8.76. The van der Waals surface area contributed by atoms with E-state index < -0.39 is 35.7 Å². The third kappa shape index (κ3) is 14.5. The van der Waals surface area contributed by atoms with Crippen LogP contribution in [0.1, 0.15) is 60.3 Å². The summed E-state index contributed by atoms with van der Waals surface area (Å²) in [5.41, 5.74) is 9.80. The number of amides is 1. The Bertz CT molecular complexity index is 437. The molecule has 0 radical (unpaired) electrons. The van der Waals surface area contributed by atoms with Gasteiger partial charge in [-0.15, -0.1) is 0 Å². The molecule has 3 unspecified atom stereocenters. The van der Waals surface area contributed by atoms with Crippen molar-refractivity contribution in [2.45, 2.75) is 78.0 Å². The second-order valence-electron chi connectivity index (χ2n) is 7.08. The SMILES string of the molecule is CCC(C)C(NC(=O)OC(C)(C)C)C(=O)O.NCCCCC(N)C(=O)O. The number of aliphatic carboxylic acids is 2. The summed E-state index contributed by atoms with van der Waals surface area (Å²) in [7, 11) is 0. The van der Waals surface area contributed by atoms with Gasteiger partial charge in [0.1, 0.15) is 17.7 Å². The van der Waals surface area contributed by atoms with Gasteiger partial charge in [0.05, 0.1) is 0 Å². The maximum atomic E-state index is 11.4. The molecule has 0 bridgehead atoms. The monoisotopic (exact) mass is 377 g/mol. The number of carbonyl (C=O) groups excluding carboxylic acids is 1. The van der Waals surface area contributed by atoms with Crippen molar-refractivity contribution < 1.29 is 29.3 Å². The van der Waals surface area contributed by atoms with Crippen molar-refractivity contribution in [1.29, 1.82) is 0 Å². The molecule has 0 spiro atoms. The molecule has 1 amide bonds. The number of nitrogens with two attached hydrogens (primary N) is 2. The van der Waals surface area contributed by atoms with Gasteiger partial charge >= 0.3 is 18.0 Å². The number of hydrogen-bond acceptors (Lipinski definition) is 6. The van der Waals surface area contributed by atoms with E-state index in [0.717, 1.165) is 12.8 Å². The highest BCUT2D eigenvalue weighted by Crippen LogP contribution is 2.11. The third-order valence-corrected chi connectivity index (χ3v) is 3.44. The molecule has 9 heteroatoms. The molecule has 3 atom stereocenters. The van der Waals surface area contributed by atoms with Crippen molar-refractivity contribution >= 4 is 18.0 Å². The number of carboxylic acids is 2. The van der Waals surface area contributed by atoms with E-state index in [4.69, 9.17) is 26.4 Å². The Kier molecular flexibility index (Phi) is 13.5. The van der Waals surface area contributed by atoms with E-state index in [1.54, 1.807) is 27.7 Å². The summed E-state index contributed by atoms with van der Waals surface area (Å²) in [6.45, 7) is 9.43. The quantitative estimate of drug-likeness (QED) is 0.377. The molecule has 0 aromatic rings. The Morgan fingerprint density at radius 3 is 2.00 bits per heavy atom. The van der Waals surface area contributed by atoms with Crippen LogP contribution in [0.25, 0.3) is 0 Å². The zero-order valence-corrected chi connectivity index (χ0v) is 16.4. The Morgan fingerprint density at radius 2 is 1.65 bits per heavy atom. The zero-order valence-electron chi connectivity index (χ0n) is 16.4. The van der Waals surface area contributed by atoms with Crippen LogP contribution in [0.3, 0.4) is 0 Å². The highest BCUT2D eigenvalue weighted by atomic mass is 16.6. The summed E-state index contributed by atoms with van der Waals surface area (Å²) in [6.07, 6.45) is 2.14. The first-order chi connectivity index (χ1) is 11.9. The third-order valence-electron chi connectivity index (χ3n) is 3.44. The van der Waals surface area contributed by atoms with E-state index >= 15 is 0 Å². The van der Waals surface area contributed by atoms with E-state index in [0.29, 0.717) is 19.4 Å². The predicted molar refractivity (Wildman–Crippen MR) is 98.8 cm³/mol. The Hall–Kier alpha value is -1.87. The molecule has 0 aliphatic carbocycles. The number of rotatable bonds is 9. The first-order valence-electron chi connectivity index (χ1n) is 8.76. The topological polar surface area (TPSA) is 165 Å². The summed E-state index contributed by atoms with van der Waals surface area (Å²) >= 11 is 0. The van der Waals surface area contributed by atoms with Crippen molar-refractivity contribution in [2.75, 3.05) is 6.54 Å². The summed E-state index contributed by atoms with van der Waals surface area (Å²) in [6, 6.07) is -1.62. The largest absolute Gasteiger partial charge is 0.480 e. The Balaban J connectivity index is 0. The van der Waals surface area contributed by atoms with Crippen molar-refractivity contribution in [3.05, 3.63) is 0 Å². The van der Waals surface area contributed by atoms with Crippen LogP contribution in [0.2, 0.25) is 0 Å². The molecular weight excluding hydrogens is 342 g/mol. The molecule has 7 N–H and O–H groups in total. The molecule has 0 fully saturated rings. The number of hydrogen-bond donors (Lipinski definition) is 5. The number of alkyl carbamates (subject to hydrolysis) is 1. The standard InChI is InChI=1S/C11H21NO4.C6H14N2O2/c1-6-7(2)8(9(13)14)12-10(15)16-11(3,4)5;7-4-2-1-3-5(8)6(9)10/h7-8H,6H2,1-5H3,(H,12,15)(H,13,14);5H,1-4,7-8H2,(H,9,10). The van der Waals surface area contributed by atoms with Crippen LogP contribution in [-0.4, -0.2) is 52.5 Å². The van der Waals surface area contributed by atoms with E-state index in [1.165, 1.54) is 0 Å². The van der Waals surface area contributed by atoms with Gasteiger partial charge < -0.3 is 31.7 Å². The fourth-order valence-electron chi connectivity index (χ4n) is 1.75. The Morgan fingerprint density at radius 1 is 1.12 bits per heavy atom. The van der Waals surface area contributed by atoms with Crippen LogP contribution in [0, 0.1) is 5.92 Å². The summed E-state index contributed by atoms with van der Waals surface area (Å²) in [4.78, 5) is 32.5. The van der Waals surface area contributed by atoms with Crippen LogP contribution >= 0.6 is 0 Å². The van der Waals surface area contributed by atoms with Gasteiger partial charge in [-0.3, -0.25) is 4.79 Å². The van der Waals surface area contributed by atoms with Gasteiger partial charge in [0.2, 0.25) is 0 Å². The van der Waals surface area contributed by atoms with Crippen LogP contribution in [0.15, 0.2) is 0 Å². The van der Waals surface area contributed by atoms with Gasteiger partial charge in [0, 0.05) is 0 Å². The lowest BCUT2D eigenvalue weighted by Crippen LogP contribution is -2.46. The number of carbonyl (C=O) groups is 3. The van der Waals surface area contributed by atoms with Gasteiger partial charge in [-0.2, -0.15) is 0 Å². The first kappa shape index (κ1) is 26.4. The molecule has 0 saturated heterocycles. The highest BCUT2D eigenvalue weighted by molar-refractivity contribution is 5.80. The molecule has 0 aliphatic heterocycles. The number of carboxylic acid groups (broad SMARTS) is 2. The minimum Gasteiger partial charge on any atom is -0.480 e. The molecule has 0 saturated carbocycles. The number of nitrogens with one attached hydrogen (secondary N) is 1. The number of ether oxygens (including phenoxy) is 1. The minimum atomic E-state index is -1.04. The highest BCUT2D eigenvalue weighted by Gasteiger charge is 2.27. The van der Waals surface area contributed by atoms with E-state index in [9.17, 15) is 14.4 Å². The van der Waals surface area contributed by atoms with Crippen LogP contribution in [0.4, 0.5) is 4.79 Å². The van der Waals surface area contributed by atoms with E-state index in [2.05, 4.69) is 5.32 Å². The van der Waals surface area contributed by atoms with Gasteiger partial charge in [0.15, 0.2) is 0 Å². The van der Waals surface area contributed by atoms with Crippen molar-refractivity contribution in [3.8, 4) is 0 Å². The summed E-state index contributed by atoms with van der Waals surface area (Å²) in [5.74, 6) is -2.11. The van der Waals surface area contributed by atoms with Gasteiger partial charge in [0.25, 0.3) is 0 Å². The summed E-state index contributed by atoms with van der Waals surface area (Å²) < 4.78 is 5.00. The number of unbranched alkanes of at least 4 members (excludes halogenated alkanes) is 1. The van der Waals surface area contributed by atoms with Crippen molar-refractivity contribution in [3.63, 3.8) is 0 Å². The average Bonchev–Trinajstić information content (AvgIpc) is 2.50. The second-order valence-corrected chi connectivity index (χ2v) is 7.08. The molecule has 26 heavy (non-hydrogen) atoms. The lowest BCUT2D eigenvalue weighted by atomic mass is 10.00. The predicted octanol–water partition coefficient (Wildman–Crippen LogP) is 1.54. The Labute approximate surface area is 155 Å². The molecule has 0 heterocycles. The molecular formula is C17H35N3O6. The maximum Gasteiger partial charge on any atom is 0.408 e. The molecule has 0 aromatic heterocycles. The van der Waals surface area contributed by atoms with E-state index in [-0.39, 0.29) is 5.92 Å². The molecule has 0 rings (SSSR count). The second kappa shape index (κ2) is 13.3. The van der Waals surface area contributed by atoms with Gasteiger partial charge in [-0.05, 0) is 46.1 Å². The van der Waals surface area contributed by atoms with Crippen molar-refractivity contribution in [1.82, 2.24) is 5.32 Å². The normalized spacial score (nSPS) is 14.3. The van der Waals surface area contributed by atoms with Crippen LogP contribution in [-0.2, 0) is 14.3 Å². The molecule has 154 valence electrons. The van der Waals surface area contributed by atoms with Crippen LogP contribution in [0.5, 0.6) is 0 Å². The zero-order chi connectivity index (χ0) is 20.9. The van der Waals surface area contributed by atoms with Gasteiger partial charge in [-0.1, -0.05) is 26.7 Å². The molecule has 9 nitrogen and oxygen atoms in total. The average molecular weight is 377 g/mol. The fraction of sp³-hybridized carbons (Fsp3) is 0.824. The molecule has 0 aliphatic rings. The van der Waals surface area contributed by atoms with Crippen molar-refractivity contribution in [2.24, 2.45) is 17.4 Å². The maximum absolute atomic E-state index is 11.4. The van der Waals surface area contributed by atoms with E-state index in [1.807, 2.05) is 6.92 Å². The lowest BCUT2D eigenvalue weighted by molar-refractivity contribution is -0.141. The molecule has 0 aromatic carbocycles. The minimum absolute atomic E-state index is 0.134. The van der Waals surface area contributed by atoms with Crippen LogP contribution < -0.4 is 16.8 Å². The fourth-order valence-corrected chi connectivity index (χ4v) is 1.75. The van der Waals surface area contributed by atoms with Gasteiger partial charge in [-0.25, -0.2) is 9.59 Å². The lowest BCUT2D eigenvalue weighted by Gasteiger charge is -2.24.